The van der Waals surface area contributed by atoms with Crippen molar-refractivity contribution in [3.63, 3.8) is 0 Å². The standard InChI is InChI=1S/C10H8NO2S/c12-14(13,11-8-4-5-9-11)10-6-2-1-3-7-10/h2-9H. The summed E-state index contributed by atoms with van der Waals surface area (Å²) in [4.78, 5) is 0.271. The molecule has 3 nitrogen and oxygen atoms in total. The molecule has 0 bridgehead atoms. The molecule has 0 aliphatic rings. The molecule has 0 amide bonds. The van der Waals surface area contributed by atoms with Crippen molar-refractivity contribution < 1.29 is 8.42 Å². The van der Waals surface area contributed by atoms with Crippen LogP contribution in [0.1, 0.15) is 0 Å². The summed E-state index contributed by atoms with van der Waals surface area (Å²) >= 11 is 0. The maximum atomic E-state index is 11.8. The van der Waals surface area contributed by atoms with Crippen LogP contribution in [0.5, 0.6) is 0 Å². The lowest BCUT2D eigenvalue weighted by Gasteiger charge is -2.04. The molecule has 0 fully saturated rings. The van der Waals surface area contributed by atoms with Gasteiger partial charge in [-0.2, -0.15) is 0 Å². The maximum Gasteiger partial charge on any atom is 0.267 e. The number of nitrogens with zero attached hydrogens (tertiary/aromatic N) is 1. The van der Waals surface area contributed by atoms with Gasteiger partial charge in [-0.25, -0.2) is 12.4 Å². The van der Waals surface area contributed by atoms with Gasteiger partial charge in [-0.15, -0.1) is 0 Å². The van der Waals surface area contributed by atoms with Crippen LogP contribution < -0.4 is 0 Å². The van der Waals surface area contributed by atoms with Gasteiger partial charge in [0.15, 0.2) is 0 Å². The highest BCUT2D eigenvalue weighted by Crippen LogP contribution is 2.12. The third-order valence-electron chi connectivity index (χ3n) is 1.84. The molecule has 1 aromatic carbocycles. The van der Waals surface area contributed by atoms with Crippen LogP contribution in [0.15, 0.2) is 53.7 Å². The Morgan fingerprint density at radius 2 is 1.64 bits per heavy atom. The molecule has 0 unspecified atom stereocenters. The van der Waals surface area contributed by atoms with Crippen molar-refractivity contribution in [1.29, 1.82) is 0 Å². The van der Waals surface area contributed by atoms with Gasteiger partial charge < -0.3 is 0 Å². The van der Waals surface area contributed by atoms with E-state index >= 15 is 0 Å². The number of hydrogen-bond acceptors (Lipinski definition) is 2. The quantitative estimate of drug-likeness (QED) is 0.747. The first-order valence-corrected chi connectivity index (χ1v) is 5.50. The number of hydrogen-bond donors (Lipinski definition) is 0. The fraction of sp³-hybridized carbons (Fsp3) is 0. The van der Waals surface area contributed by atoms with E-state index in [1.54, 1.807) is 24.3 Å². The van der Waals surface area contributed by atoms with Gasteiger partial charge in [0.25, 0.3) is 10.0 Å². The molecular formula is C10H8NO2S. The maximum absolute atomic E-state index is 11.8. The third-order valence-corrected chi connectivity index (χ3v) is 3.51. The Morgan fingerprint density at radius 3 is 2.21 bits per heavy atom. The van der Waals surface area contributed by atoms with Crippen molar-refractivity contribution in [2.75, 3.05) is 0 Å². The first-order chi connectivity index (χ1) is 6.71. The Bertz CT molecular complexity index is 500. The van der Waals surface area contributed by atoms with E-state index in [0.29, 0.717) is 0 Å². The highest BCUT2D eigenvalue weighted by atomic mass is 32.2. The lowest BCUT2D eigenvalue weighted by Crippen LogP contribution is -2.10. The summed E-state index contributed by atoms with van der Waals surface area (Å²) in [5.41, 5.74) is 0. The van der Waals surface area contributed by atoms with E-state index in [2.05, 4.69) is 6.07 Å². The number of rotatable bonds is 2. The Kier molecular flexibility index (Phi) is 2.13. The molecule has 1 radical (unpaired) electrons. The van der Waals surface area contributed by atoms with E-state index in [9.17, 15) is 8.42 Å². The molecule has 4 heteroatoms. The molecule has 14 heavy (non-hydrogen) atoms. The zero-order valence-electron chi connectivity index (χ0n) is 7.29. The summed E-state index contributed by atoms with van der Waals surface area (Å²) < 4.78 is 24.9. The van der Waals surface area contributed by atoms with E-state index in [1.807, 2.05) is 0 Å². The van der Waals surface area contributed by atoms with Crippen molar-refractivity contribution in [2.24, 2.45) is 0 Å². The summed E-state index contributed by atoms with van der Waals surface area (Å²) in [6.45, 7) is 0. The van der Waals surface area contributed by atoms with Crippen LogP contribution in [0.3, 0.4) is 0 Å². The monoisotopic (exact) mass is 206 g/mol. The molecule has 0 saturated heterocycles. The molecule has 0 aliphatic heterocycles. The summed E-state index contributed by atoms with van der Waals surface area (Å²) in [6.07, 6.45) is 3.01. The zero-order chi connectivity index (χ0) is 10.0. The van der Waals surface area contributed by atoms with Gasteiger partial charge in [-0.3, -0.25) is 0 Å². The van der Waals surface area contributed by atoms with Crippen LogP contribution in [-0.2, 0) is 10.0 Å². The molecule has 71 valence electrons. The SMILES string of the molecule is O=S(=O)(c1cc[c]cc1)n1cccc1. The van der Waals surface area contributed by atoms with Crippen molar-refractivity contribution in [3.8, 4) is 0 Å². The van der Waals surface area contributed by atoms with Gasteiger partial charge in [0.2, 0.25) is 0 Å². The molecule has 1 heterocycles. The zero-order valence-corrected chi connectivity index (χ0v) is 8.11. The van der Waals surface area contributed by atoms with Gasteiger partial charge >= 0.3 is 0 Å². The third kappa shape index (κ3) is 1.44. The van der Waals surface area contributed by atoms with Crippen molar-refractivity contribution in [1.82, 2.24) is 3.97 Å². The predicted molar refractivity (Wildman–Crippen MR) is 52.3 cm³/mol. The van der Waals surface area contributed by atoms with Crippen LogP contribution in [0, 0.1) is 6.07 Å². The topological polar surface area (TPSA) is 39.1 Å². The van der Waals surface area contributed by atoms with E-state index in [4.69, 9.17) is 0 Å². The average molecular weight is 206 g/mol. The van der Waals surface area contributed by atoms with Gasteiger partial charge in [-0.05, 0) is 30.3 Å². The first-order valence-electron chi connectivity index (χ1n) is 4.06. The fourth-order valence-electron chi connectivity index (χ4n) is 1.14. The molecule has 2 rings (SSSR count). The Labute approximate surface area is 82.7 Å². The minimum absolute atomic E-state index is 0.271. The van der Waals surface area contributed by atoms with Gasteiger partial charge in [0.05, 0.1) is 4.90 Å². The normalized spacial score (nSPS) is 11.4. The molecule has 1 aromatic heterocycles. The Balaban J connectivity index is 2.55. The summed E-state index contributed by atoms with van der Waals surface area (Å²) in [5.74, 6) is 0. The van der Waals surface area contributed by atoms with Gasteiger partial charge in [-0.1, -0.05) is 12.1 Å². The molecule has 0 N–H and O–H groups in total. The summed E-state index contributed by atoms with van der Waals surface area (Å²) in [7, 11) is -3.40. The molecule has 0 spiro atoms. The first kappa shape index (κ1) is 9.02. The van der Waals surface area contributed by atoms with E-state index in [-0.39, 0.29) is 4.90 Å². The Morgan fingerprint density at radius 1 is 1.07 bits per heavy atom. The van der Waals surface area contributed by atoms with Crippen molar-refractivity contribution in [2.45, 2.75) is 4.90 Å². The highest BCUT2D eigenvalue weighted by molar-refractivity contribution is 7.90. The second-order valence-corrected chi connectivity index (χ2v) is 4.60. The van der Waals surface area contributed by atoms with Gasteiger partial charge in [0, 0.05) is 12.4 Å². The molecule has 2 aromatic rings. The van der Waals surface area contributed by atoms with E-state index in [1.165, 1.54) is 28.5 Å². The van der Waals surface area contributed by atoms with E-state index < -0.39 is 10.0 Å². The van der Waals surface area contributed by atoms with Crippen molar-refractivity contribution >= 4 is 10.0 Å². The minimum Gasteiger partial charge on any atom is -0.249 e. The molecular weight excluding hydrogens is 198 g/mol. The van der Waals surface area contributed by atoms with Crippen LogP contribution in [0.2, 0.25) is 0 Å². The van der Waals surface area contributed by atoms with Crippen LogP contribution in [0.4, 0.5) is 0 Å². The average Bonchev–Trinajstić information content (AvgIpc) is 2.72. The van der Waals surface area contributed by atoms with Crippen molar-refractivity contribution in [3.05, 3.63) is 54.9 Å². The number of aromatic nitrogens is 1. The van der Waals surface area contributed by atoms with Crippen LogP contribution in [-0.4, -0.2) is 12.4 Å². The summed E-state index contributed by atoms with van der Waals surface area (Å²) in [6, 6.07) is 12.3. The summed E-state index contributed by atoms with van der Waals surface area (Å²) in [5, 5.41) is 0. The second kappa shape index (κ2) is 3.31. The second-order valence-electron chi connectivity index (χ2n) is 2.75. The Hall–Kier alpha value is -1.55. The molecule has 0 saturated carbocycles. The van der Waals surface area contributed by atoms with Crippen LogP contribution in [0.25, 0.3) is 0 Å². The number of benzene rings is 1. The smallest absolute Gasteiger partial charge is 0.249 e. The van der Waals surface area contributed by atoms with Gasteiger partial charge in [0.1, 0.15) is 0 Å². The predicted octanol–water partition coefficient (Wildman–Crippen LogP) is 1.53. The lowest BCUT2D eigenvalue weighted by molar-refractivity contribution is 0.587. The fourth-order valence-corrected chi connectivity index (χ4v) is 2.33. The largest absolute Gasteiger partial charge is 0.267 e. The minimum atomic E-state index is -3.40. The lowest BCUT2D eigenvalue weighted by atomic mass is 10.4. The molecule has 0 aliphatic carbocycles. The highest BCUT2D eigenvalue weighted by Gasteiger charge is 2.13. The molecule has 0 atom stereocenters. The van der Waals surface area contributed by atoms with E-state index in [0.717, 1.165) is 0 Å². The van der Waals surface area contributed by atoms with Crippen LogP contribution >= 0.6 is 0 Å².